The highest BCUT2D eigenvalue weighted by atomic mass is 19.4. The first-order valence-corrected chi connectivity index (χ1v) is 6.17. The molecule has 0 atom stereocenters. The molecule has 1 heterocycles. The molecule has 2 rings (SSSR count). The van der Waals surface area contributed by atoms with Gasteiger partial charge >= 0.3 is 6.18 Å². The van der Waals surface area contributed by atoms with Crippen LogP contribution in [0.2, 0.25) is 0 Å². The van der Waals surface area contributed by atoms with E-state index in [2.05, 4.69) is 20.6 Å². The number of nitrogens with one attached hydrogen (secondary N) is 2. The Bertz CT molecular complexity index is 700. The van der Waals surface area contributed by atoms with Crippen molar-refractivity contribution in [1.82, 2.24) is 9.97 Å². The topological polar surface area (TPSA) is 75.9 Å². The number of halogens is 4. The van der Waals surface area contributed by atoms with Crippen molar-refractivity contribution in [1.29, 1.82) is 0 Å². The van der Waals surface area contributed by atoms with E-state index in [0.717, 1.165) is 6.07 Å². The number of rotatable bonds is 3. The van der Waals surface area contributed by atoms with E-state index >= 15 is 0 Å². The van der Waals surface area contributed by atoms with Gasteiger partial charge in [0.15, 0.2) is 0 Å². The van der Waals surface area contributed by atoms with Crippen LogP contribution in [-0.4, -0.2) is 17.0 Å². The Labute approximate surface area is 123 Å². The molecule has 0 unspecified atom stereocenters. The molecule has 0 spiro atoms. The van der Waals surface area contributed by atoms with Gasteiger partial charge in [-0.2, -0.15) is 18.2 Å². The Hall–Kier alpha value is -2.58. The second-order valence-corrected chi connectivity index (χ2v) is 4.46. The van der Waals surface area contributed by atoms with Gasteiger partial charge in [-0.1, -0.05) is 0 Å². The molecular weight excluding hydrogens is 302 g/mol. The third-order valence-electron chi connectivity index (χ3n) is 3.04. The van der Waals surface area contributed by atoms with Gasteiger partial charge in [-0.25, -0.2) is 9.37 Å². The van der Waals surface area contributed by atoms with Gasteiger partial charge in [-0.3, -0.25) is 0 Å². The maximum atomic E-state index is 13.3. The van der Waals surface area contributed by atoms with E-state index in [9.17, 15) is 17.6 Å². The van der Waals surface area contributed by atoms with Gasteiger partial charge in [0.1, 0.15) is 17.2 Å². The van der Waals surface area contributed by atoms with Crippen molar-refractivity contribution in [3.63, 3.8) is 0 Å². The molecule has 0 aliphatic rings. The highest BCUT2D eigenvalue weighted by molar-refractivity contribution is 5.67. The smallest absolute Gasteiger partial charge is 0.396 e. The van der Waals surface area contributed by atoms with Gasteiger partial charge in [-0.05, 0) is 24.6 Å². The van der Waals surface area contributed by atoms with Gasteiger partial charge in [0.05, 0.1) is 5.69 Å². The highest BCUT2D eigenvalue weighted by Crippen LogP contribution is 2.34. The SMILES string of the molecule is CNc1nc(Nc2ccc(F)c(N)c2C)ncc1C(F)(F)F. The van der Waals surface area contributed by atoms with Gasteiger partial charge in [0, 0.05) is 18.9 Å². The Morgan fingerprint density at radius 2 is 1.91 bits per heavy atom. The molecule has 0 fully saturated rings. The van der Waals surface area contributed by atoms with Crippen molar-refractivity contribution in [3.8, 4) is 0 Å². The molecule has 0 saturated heterocycles. The fourth-order valence-corrected chi connectivity index (χ4v) is 1.79. The third-order valence-corrected chi connectivity index (χ3v) is 3.04. The van der Waals surface area contributed by atoms with Crippen molar-refractivity contribution in [2.24, 2.45) is 0 Å². The molecule has 0 saturated carbocycles. The number of anilines is 4. The molecule has 1 aromatic carbocycles. The average molecular weight is 315 g/mol. The lowest BCUT2D eigenvalue weighted by molar-refractivity contribution is -0.137. The predicted molar refractivity (Wildman–Crippen MR) is 75.4 cm³/mol. The molecule has 9 heteroatoms. The number of benzene rings is 1. The number of nitrogen functional groups attached to an aromatic ring is 1. The zero-order chi connectivity index (χ0) is 16.5. The summed E-state index contributed by atoms with van der Waals surface area (Å²) in [5.74, 6) is -1.00. The molecule has 118 valence electrons. The lowest BCUT2D eigenvalue weighted by Crippen LogP contribution is -2.12. The van der Waals surface area contributed by atoms with E-state index in [4.69, 9.17) is 5.73 Å². The minimum Gasteiger partial charge on any atom is -0.396 e. The summed E-state index contributed by atoms with van der Waals surface area (Å²) >= 11 is 0. The van der Waals surface area contributed by atoms with E-state index in [1.807, 2.05) is 0 Å². The van der Waals surface area contributed by atoms with E-state index in [0.29, 0.717) is 17.4 Å². The van der Waals surface area contributed by atoms with Crippen LogP contribution in [-0.2, 0) is 6.18 Å². The summed E-state index contributed by atoms with van der Waals surface area (Å²) in [6.07, 6.45) is -3.89. The maximum Gasteiger partial charge on any atom is 0.421 e. The molecule has 0 radical (unpaired) electrons. The van der Waals surface area contributed by atoms with E-state index in [1.165, 1.54) is 13.1 Å². The summed E-state index contributed by atoms with van der Waals surface area (Å²) in [6, 6.07) is 2.55. The van der Waals surface area contributed by atoms with E-state index in [-0.39, 0.29) is 17.5 Å². The zero-order valence-electron chi connectivity index (χ0n) is 11.7. The van der Waals surface area contributed by atoms with Crippen LogP contribution in [0.25, 0.3) is 0 Å². The average Bonchev–Trinajstić information content (AvgIpc) is 2.46. The number of hydrogen-bond donors (Lipinski definition) is 3. The summed E-state index contributed by atoms with van der Waals surface area (Å²) in [4.78, 5) is 7.38. The largest absolute Gasteiger partial charge is 0.421 e. The second kappa shape index (κ2) is 5.66. The van der Waals surface area contributed by atoms with Crippen LogP contribution in [0.1, 0.15) is 11.1 Å². The first-order chi connectivity index (χ1) is 10.2. The quantitative estimate of drug-likeness (QED) is 0.598. The van der Waals surface area contributed by atoms with Crippen LogP contribution in [0.15, 0.2) is 18.3 Å². The van der Waals surface area contributed by atoms with Crippen molar-refractivity contribution in [3.05, 3.63) is 35.3 Å². The molecule has 2 aromatic rings. The van der Waals surface area contributed by atoms with E-state index < -0.39 is 17.6 Å². The molecule has 0 amide bonds. The Morgan fingerprint density at radius 1 is 1.23 bits per heavy atom. The summed E-state index contributed by atoms with van der Waals surface area (Å²) in [5.41, 5.74) is 5.35. The van der Waals surface area contributed by atoms with E-state index in [1.54, 1.807) is 6.92 Å². The second-order valence-electron chi connectivity index (χ2n) is 4.46. The number of alkyl halides is 3. The molecule has 4 N–H and O–H groups in total. The van der Waals surface area contributed by atoms with Gasteiger partial charge in [0.2, 0.25) is 5.95 Å². The Morgan fingerprint density at radius 3 is 2.50 bits per heavy atom. The van der Waals surface area contributed by atoms with Crippen LogP contribution in [0.4, 0.5) is 40.7 Å². The lowest BCUT2D eigenvalue weighted by Gasteiger charge is -2.14. The molecule has 0 aliphatic carbocycles. The van der Waals surface area contributed by atoms with Crippen molar-refractivity contribution in [2.45, 2.75) is 13.1 Å². The van der Waals surface area contributed by atoms with Gasteiger partial charge < -0.3 is 16.4 Å². The number of aromatic nitrogens is 2. The van der Waals surface area contributed by atoms with Crippen molar-refractivity contribution >= 4 is 23.1 Å². The fourth-order valence-electron chi connectivity index (χ4n) is 1.79. The Balaban J connectivity index is 2.37. The normalized spacial score (nSPS) is 11.4. The number of nitrogens with two attached hydrogens (primary N) is 1. The predicted octanol–water partition coefficient (Wildman–Crippen LogP) is 3.31. The minimum absolute atomic E-state index is 0.0502. The Kier molecular flexibility index (Phi) is 4.07. The molecule has 22 heavy (non-hydrogen) atoms. The standard InChI is InChI=1S/C13H13F4N5/c1-6-9(4-3-8(14)10(6)18)21-12-20-5-7(13(15,16)17)11(19-2)22-12/h3-5H,18H2,1-2H3,(H2,19,20,21,22). The first-order valence-electron chi connectivity index (χ1n) is 6.17. The van der Waals surface area contributed by atoms with Gasteiger partial charge in [-0.15, -0.1) is 0 Å². The van der Waals surface area contributed by atoms with Crippen LogP contribution >= 0.6 is 0 Å². The fraction of sp³-hybridized carbons (Fsp3) is 0.231. The lowest BCUT2D eigenvalue weighted by atomic mass is 10.1. The molecule has 0 bridgehead atoms. The summed E-state index contributed by atoms with van der Waals surface area (Å²) < 4.78 is 51.6. The first kappa shape index (κ1) is 15.8. The van der Waals surface area contributed by atoms with Gasteiger partial charge in [0.25, 0.3) is 0 Å². The van der Waals surface area contributed by atoms with Crippen molar-refractivity contribution in [2.75, 3.05) is 23.4 Å². The number of hydrogen-bond acceptors (Lipinski definition) is 5. The number of nitrogens with zero attached hydrogens (tertiary/aromatic N) is 2. The molecular formula is C13H13F4N5. The molecule has 5 nitrogen and oxygen atoms in total. The summed E-state index contributed by atoms with van der Waals surface area (Å²) in [6.45, 7) is 1.57. The van der Waals surface area contributed by atoms with Crippen LogP contribution in [0.5, 0.6) is 0 Å². The van der Waals surface area contributed by atoms with Crippen LogP contribution in [0.3, 0.4) is 0 Å². The minimum atomic E-state index is -4.56. The van der Waals surface area contributed by atoms with Crippen LogP contribution in [0, 0.1) is 12.7 Å². The highest BCUT2D eigenvalue weighted by Gasteiger charge is 2.35. The summed E-state index contributed by atoms with van der Waals surface area (Å²) in [7, 11) is 1.32. The monoisotopic (exact) mass is 315 g/mol. The van der Waals surface area contributed by atoms with Crippen molar-refractivity contribution < 1.29 is 17.6 Å². The molecule has 1 aromatic heterocycles. The summed E-state index contributed by atoms with van der Waals surface area (Å²) in [5, 5.41) is 5.08. The zero-order valence-corrected chi connectivity index (χ0v) is 11.7. The maximum absolute atomic E-state index is 13.3. The van der Waals surface area contributed by atoms with Crippen LogP contribution < -0.4 is 16.4 Å². The molecule has 0 aliphatic heterocycles. The third kappa shape index (κ3) is 3.02.